The molecule has 94 valence electrons. The third kappa shape index (κ3) is 4.05. The van der Waals surface area contributed by atoms with Crippen LogP contribution in [0.4, 0.5) is 0 Å². The SMILES string of the molecule is O=C(CCN1CC1)OCC(CO)(CO)CO. The Labute approximate surface area is 94.4 Å². The molecular weight excluding hydrogens is 214 g/mol. The van der Waals surface area contributed by atoms with Crippen LogP contribution in [0, 0.1) is 5.41 Å². The summed E-state index contributed by atoms with van der Waals surface area (Å²) in [6.45, 7) is 1.33. The Balaban J connectivity index is 2.21. The summed E-state index contributed by atoms with van der Waals surface area (Å²) in [5.41, 5.74) is -1.13. The molecule has 0 saturated carbocycles. The van der Waals surface area contributed by atoms with Crippen molar-refractivity contribution in [2.45, 2.75) is 6.42 Å². The molecule has 16 heavy (non-hydrogen) atoms. The normalized spacial score (nSPS) is 16.2. The Hall–Kier alpha value is -0.690. The highest BCUT2D eigenvalue weighted by atomic mass is 16.5. The van der Waals surface area contributed by atoms with Crippen LogP contribution in [0.3, 0.4) is 0 Å². The Morgan fingerprint density at radius 1 is 1.19 bits per heavy atom. The molecule has 0 aliphatic carbocycles. The number of carbonyl (C=O) groups excluding carboxylic acids is 1. The molecule has 0 unspecified atom stereocenters. The lowest BCUT2D eigenvalue weighted by molar-refractivity contribution is -0.151. The molecule has 0 bridgehead atoms. The van der Waals surface area contributed by atoms with Crippen LogP contribution in [0.5, 0.6) is 0 Å². The van der Waals surface area contributed by atoms with Crippen molar-refractivity contribution in [3.05, 3.63) is 0 Å². The second kappa shape index (κ2) is 6.15. The molecule has 1 saturated heterocycles. The quantitative estimate of drug-likeness (QED) is 0.338. The van der Waals surface area contributed by atoms with Gasteiger partial charge in [-0.1, -0.05) is 0 Å². The number of hydrogen-bond acceptors (Lipinski definition) is 6. The number of aliphatic hydroxyl groups excluding tert-OH is 3. The van der Waals surface area contributed by atoms with Gasteiger partial charge in [-0.2, -0.15) is 0 Å². The molecule has 1 aliphatic heterocycles. The molecule has 6 heteroatoms. The molecule has 0 aromatic carbocycles. The molecule has 0 aromatic heterocycles. The maximum Gasteiger partial charge on any atom is 0.307 e. The lowest BCUT2D eigenvalue weighted by atomic mass is 9.93. The minimum absolute atomic E-state index is 0.157. The number of ether oxygens (including phenoxy) is 1. The number of aliphatic hydroxyl groups is 3. The standard InChI is InChI=1S/C10H19NO5/c12-5-10(6-13,7-14)8-16-9(15)1-2-11-3-4-11/h12-14H,1-8H2. The van der Waals surface area contributed by atoms with Gasteiger partial charge >= 0.3 is 5.97 Å². The Kier molecular flexibility index (Phi) is 5.14. The van der Waals surface area contributed by atoms with Crippen LogP contribution in [0.15, 0.2) is 0 Å². The van der Waals surface area contributed by atoms with Gasteiger partial charge in [0.05, 0.1) is 31.7 Å². The van der Waals surface area contributed by atoms with Gasteiger partial charge in [0.2, 0.25) is 0 Å². The van der Waals surface area contributed by atoms with Gasteiger partial charge in [-0.05, 0) is 0 Å². The topological polar surface area (TPSA) is 90.0 Å². The van der Waals surface area contributed by atoms with Crippen LogP contribution in [0.1, 0.15) is 6.42 Å². The van der Waals surface area contributed by atoms with Crippen molar-refractivity contribution < 1.29 is 24.9 Å². The fraction of sp³-hybridized carbons (Fsp3) is 0.900. The Bertz CT molecular complexity index is 217. The van der Waals surface area contributed by atoms with E-state index in [0.29, 0.717) is 13.0 Å². The van der Waals surface area contributed by atoms with E-state index in [0.717, 1.165) is 13.1 Å². The van der Waals surface area contributed by atoms with Gasteiger partial charge < -0.3 is 25.0 Å². The highest BCUT2D eigenvalue weighted by Crippen LogP contribution is 2.15. The highest BCUT2D eigenvalue weighted by Gasteiger charge is 2.30. The van der Waals surface area contributed by atoms with E-state index in [2.05, 4.69) is 4.90 Å². The summed E-state index contributed by atoms with van der Waals surface area (Å²) >= 11 is 0. The zero-order valence-electron chi connectivity index (χ0n) is 9.26. The Morgan fingerprint density at radius 3 is 2.19 bits per heavy atom. The molecule has 1 aliphatic rings. The van der Waals surface area contributed by atoms with Crippen molar-refractivity contribution in [2.75, 3.05) is 46.1 Å². The fourth-order valence-electron chi connectivity index (χ4n) is 1.14. The monoisotopic (exact) mass is 233 g/mol. The van der Waals surface area contributed by atoms with Crippen molar-refractivity contribution in [3.8, 4) is 0 Å². The van der Waals surface area contributed by atoms with Crippen LogP contribution < -0.4 is 0 Å². The van der Waals surface area contributed by atoms with Gasteiger partial charge in [0.15, 0.2) is 0 Å². The summed E-state index contributed by atoms with van der Waals surface area (Å²) in [7, 11) is 0. The number of rotatable bonds is 8. The van der Waals surface area contributed by atoms with Gasteiger partial charge in [-0.15, -0.1) is 0 Å². The number of nitrogens with zero attached hydrogens (tertiary/aromatic N) is 1. The molecule has 0 aromatic rings. The van der Waals surface area contributed by atoms with Gasteiger partial charge in [-0.25, -0.2) is 0 Å². The van der Waals surface area contributed by atoms with Crippen LogP contribution in [0.2, 0.25) is 0 Å². The zero-order chi connectivity index (χ0) is 12.0. The van der Waals surface area contributed by atoms with Crippen molar-refractivity contribution in [3.63, 3.8) is 0 Å². The molecule has 1 rings (SSSR count). The predicted molar refractivity (Wildman–Crippen MR) is 55.7 cm³/mol. The lowest BCUT2D eigenvalue weighted by Crippen LogP contribution is -2.39. The summed E-state index contributed by atoms with van der Waals surface area (Å²) in [6, 6.07) is 0. The second-order valence-corrected chi connectivity index (χ2v) is 4.23. The van der Waals surface area contributed by atoms with Gasteiger partial charge in [0, 0.05) is 19.6 Å². The van der Waals surface area contributed by atoms with E-state index in [4.69, 9.17) is 20.1 Å². The first-order valence-electron chi connectivity index (χ1n) is 5.36. The zero-order valence-corrected chi connectivity index (χ0v) is 9.26. The molecule has 1 fully saturated rings. The van der Waals surface area contributed by atoms with E-state index >= 15 is 0 Å². The molecule has 0 atom stereocenters. The van der Waals surface area contributed by atoms with E-state index in [1.54, 1.807) is 0 Å². The molecule has 3 N–H and O–H groups in total. The third-order valence-electron chi connectivity index (χ3n) is 2.72. The number of carbonyl (C=O) groups is 1. The van der Waals surface area contributed by atoms with E-state index in [-0.39, 0.29) is 12.6 Å². The van der Waals surface area contributed by atoms with Crippen molar-refractivity contribution in [1.82, 2.24) is 4.90 Å². The smallest absolute Gasteiger partial charge is 0.307 e. The van der Waals surface area contributed by atoms with Crippen molar-refractivity contribution >= 4 is 5.97 Å². The first-order chi connectivity index (χ1) is 7.65. The van der Waals surface area contributed by atoms with Gasteiger partial charge in [-0.3, -0.25) is 4.79 Å². The average molecular weight is 233 g/mol. The Morgan fingerprint density at radius 2 is 1.75 bits per heavy atom. The summed E-state index contributed by atoms with van der Waals surface area (Å²) in [4.78, 5) is 13.4. The van der Waals surface area contributed by atoms with Crippen LogP contribution in [-0.2, 0) is 9.53 Å². The molecule has 0 amide bonds. The molecule has 0 radical (unpaired) electrons. The van der Waals surface area contributed by atoms with E-state index < -0.39 is 25.2 Å². The summed E-state index contributed by atoms with van der Waals surface area (Å²) in [6.07, 6.45) is 0.304. The minimum atomic E-state index is -1.13. The molecular formula is C10H19NO5. The largest absolute Gasteiger partial charge is 0.465 e. The van der Waals surface area contributed by atoms with Crippen LogP contribution >= 0.6 is 0 Å². The minimum Gasteiger partial charge on any atom is -0.465 e. The van der Waals surface area contributed by atoms with Crippen LogP contribution in [-0.4, -0.2) is 72.3 Å². The number of hydrogen-bond donors (Lipinski definition) is 3. The molecule has 6 nitrogen and oxygen atoms in total. The van der Waals surface area contributed by atoms with E-state index in [9.17, 15) is 4.79 Å². The molecule has 1 heterocycles. The summed E-state index contributed by atoms with van der Waals surface area (Å²) in [5.74, 6) is -0.369. The molecule has 0 spiro atoms. The highest BCUT2D eigenvalue weighted by molar-refractivity contribution is 5.69. The predicted octanol–water partition coefficient (Wildman–Crippen LogP) is -1.80. The van der Waals surface area contributed by atoms with E-state index in [1.165, 1.54) is 0 Å². The first kappa shape index (κ1) is 13.4. The van der Waals surface area contributed by atoms with Crippen molar-refractivity contribution in [1.29, 1.82) is 0 Å². The third-order valence-corrected chi connectivity index (χ3v) is 2.72. The number of esters is 1. The van der Waals surface area contributed by atoms with Gasteiger partial charge in [0.1, 0.15) is 6.61 Å². The van der Waals surface area contributed by atoms with Crippen LogP contribution in [0.25, 0.3) is 0 Å². The van der Waals surface area contributed by atoms with Gasteiger partial charge in [0.25, 0.3) is 0 Å². The average Bonchev–Trinajstić information content (AvgIpc) is 3.13. The second-order valence-electron chi connectivity index (χ2n) is 4.23. The summed E-state index contributed by atoms with van der Waals surface area (Å²) in [5, 5.41) is 27.0. The van der Waals surface area contributed by atoms with E-state index in [1.807, 2.05) is 0 Å². The summed E-state index contributed by atoms with van der Waals surface area (Å²) < 4.78 is 4.91. The maximum atomic E-state index is 11.3. The maximum absolute atomic E-state index is 11.3. The fourth-order valence-corrected chi connectivity index (χ4v) is 1.14. The first-order valence-corrected chi connectivity index (χ1v) is 5.36. The van der Waals surface area contributed by atoms with Crippen molar-refractivity contribution in [2.24, 2.45) is 5.41 Å². The lowest BCUT2D eigenvalue weighted by Gasteiger charge is -2.26.